The van der Waals surface area contributed by atoms with Gasteiger partial charge in [0, 0.05) is 24.8 Å². The maximum Gasteiger partial charge on any atom is 0.239 e. The lowest BCUT2D eigenvalue weighted by Gasteiger charge is -2.23. The summed E-state index contributed by atoms with van der Waals surface area (Å²) in [4.78, 5) is 13.4. The first-order valence-corrected chi connectivity index (χ1v) is 6.34. The number of aliphatic hydroxyl groups is 1. The number of rotatable bonds is 6. The lowest BCUT2D eigenvalue weighted by atomic mass is 10.0. The van der Waals surface area contributed by atoms with E-state index in [1.807, 2.05) is 50.1 Å². The van der Waals surface area contributed by atoms with Crippen LogP contribution in [-0.4, -0.2) is 31.2 Å². The van der Waals surface area contributed by atoms with E-state index >= 15 is 0 Å². The Kier molecular flexibility index (Phi) is 5.65. The highest BCUT2D eigenvalue weighted by Crippen LogP contribution is 2.27. The minimum atomic E-state index is -0.488. The van der Waals surface area contributed by atoms with Gasteiger partial charge in [0.05, 0.1) is 12.6 Å². The van der Waals surface area contributed by atoms with Crippen molar-refractivity contribution in [1.82, 2.24) is 5.32 Å². The Morgan fingerprint density at radius 2 is 2.06 bits per heavy atom. The van der Waals surface area contributed by atoms with Gasteiger partial charge in [-0.2, -0.15) is 0 Å². The lowest BCUT2D eigenvalue weighted by molar-refractivity contribution is -0.119. The average molecular weight is 250 g/mol. The highest BCUT2D eigenvalue weighted by atomic mass is 16.3. The number of anilines is 1. The van der Waals surface area contributed by atoms with E-state index < -0.39 is 6.10 Å². The van der Waals surface area contributed by atoms with Crippen molar-refractivity contribution in [2.75, 3.05) is 25.0 Å². The fraction of sp³-hybridized carbons (Fsp3) is 0.500. The largest absolute Gasteiger partial charge is 0.388 e. The third-order valence-corrected chi connectivity index (χ3v) is 2.85. The van der Waals surface area contributed by atoms with Crippen LogP contribution in [0.4, 0.5) is 5.69 Å². The number of amides is 1. The zero-order valence-corrected chi connectivity index (χ0v) is 11.3. The van der Waals surface area contributed by atoms with E-state index in [-0.39, 0.29) is 5.91 Å². The molecule has 0 saturated carbocycles. The summed E-state index contributed by atoms with van der Waals surface area (Å²) >= 11 is 0. The topological polar surface area (TPSA) is 52.6 Å². The number of carbonyl (C=O) groups excluding carboxylic acids is 1. The molecular formula is C14H22N2O2. The van der Waals surface area contributed by atoms with Crippen molar-refractivity contribution in [3.8, 4) is 0 Å². The molecule has 0 fully saturated rings. The summed E-state index contributed by atoms with van der Waals surface area (Å²) < 4.78 is 0. The summed E-state index contributed by atoms with van der Waals surface area (Å²) in [6.45, 7) is 4.76. The molecule has 0 aliphatic rings. The molecule has 4 nitrogen and oxygen atoms in total. The van der Waals surface area contributed by atoms with E-state index in [0.29, 0.717) is 19.5 Å². The summed E-state index contributed by atoms with van der Waals surface area (Å²) in [7, 11) is 1.86. The van der Waals surface area contributed by atoms with E-state index in [0.717, 1.165) is 11.3 Å². The molecule has 0 heterocycles. The van der Waals surface area contributed by atoms with Crippen LogP contribution in [0.15, 0.2) is 24.3 Å². The quantitative estimate of drug-likeness (QED) is 0.808. The predicted octanol–water partition coefficient (Wildman–Crippen LogP) is 1.70. The van der Waals surface area contributed by atoms with Gasteiger partial charge in [-0.15, -0.1) is 0 Å². The second-order valence-corrected chi connectivity index (χ2v) is 4.29. The van der Waals surface area contributed by atoms with Crippen LogP contribution in [0.1, 0.15) is 31.9 Å². The summed E-state index contributed by atoms with van der Waals surface area (Å²) in [6, 6.07) is 7.64. The number of hydrogen-bond donors (Lipinski definition) is 2. The van der Waals surface area contributed by atoms with Crippen LogP contribution in [0.25, 0.3) is 0 Å². The van der Waals surface area contributed by atoms with Gasteiger partial charge in [-0.05, 0) is 19.4 Å². The highest BCUT2D eigenvalue weighted by Gasteiger charge is 2.14. The van der Waals surface area contributed by atoms with Gasteiger partial charge in [0.2, 0.25) is 5.91 Å². The van der Waals surface area contributed by atoms with Gasteiger partial charge in [-0.25, -0.2) is 0 Å². The van der Waals surface area contributed by atoms with Crippen molar-refractivity contribution in [3.63, 3.8) is 0 Å². The molecule has 100 valence electrons. The molecule has 0 spiro atoms. The fourth-order valence-electron chi connectivity index (χ4n) is 1.89. The number of aliphatic hydroxyl groups excluding tert-OH is 1. The first kappa shape index (κ1) is 14.5. The Hall–Kier alpha value is -1.55. The molecule has 0 radical (unpaired) electrons. The van der Waals surface area contributed by atoms with Crippen LogP contribution >= 0.6 is 0 Å². The molecule has 1 atom stereocenters. The highest BCUT2D eigenvalue weighted by molar-refractivity contribution is 5.81. The molecule has 1 rings (SSSR count). The van der Waals surface area contributed by atoms with E-state index in [4.69, 9.17) is 0 Å². The Morgan fingerprint density at radius 1 is 1.39 bits per heavy atom. The van der Waals surface area contributed by atoms with Crippen LogP contribution in [0.5, 0.6) is 0 Å². The Morgan fingerprint density at radius 3 is 2.67 bits per heavy atom. The summed E-state index contributed by atoms with van der Waals surface area (Å²) in [5.41, 5.74) is 1.77. The SMILES string of the molecule is CCNC(=O)CN(C)c1ccccc1[C@H](O)CC. The van der Waals surface area contributed by atoms with Crippen LogP contribution < -0.4 is 10.2 Å². The van der Waals surface area contributed by atoms with Gasteiger partial charge >= 0.3 is 0 Å². The second kappa shape index (κ2) is 7.01. The molecule has 1 amide bonds. The number of likely N-dealkylation sites (N-methyl/N-ethyl adjacent to an activating group) is 2. The third-order valence-electron chi connectivity index (χ3n) is 2.85. The number of benzene rings is 1. The molecule has 1 aromatic rings. The van der Waals surface area contributed by atoms with Gasteiger partial charge in [0.25, 0.3) is 0 Å². The molecule has 0 saturated heterocycles. The van der Waals surface area contributed by atoms with E-state index in [1.54, 1.807) is 0 Å². The average Bonchev–Trinajstić information content (AvgIpc) is 2.38. The molecule has 4 heteroatoms. The minimum Gasteiger partial charge on any atom is -0.388 e. The lowest BCUT2D eigenvalue weighted by Crippen LogP contribution is -2.35. The van der Waals surface area contributed by atoms with Crippen molar-refractivity contribution in [2.24, 2.45) is 0 Å². The van der Waals surface area contributed by atoms with Crippen molar-refractivity contribution in [3.05, 3.63) is 29.8 Å². The zero-order valence-electron chi connectivity index (χ0n) is 11.3. The van der Waals surface area contributed by atoms with Gasteiger partial charge in [-0.1, -0.05) is 25.1 Å². The maximum absolute atomic E-state index is 11.6. The molecule has 0 aliphatic heterocycles. The van der Waals surface area contributed by atoms with Crippen LogP contribution in [0.2, 0.25) is 0 Å². The van der Waals surface area contributed by atoms with Gasteiger partial charge in [0.15, 0.2) is 0 Å². The van der Waals surface area contributed by atoms with E-state index in [9.17, 15) is 9.90 Å². The summed E-state index contributed by atoms with van der Waals surface area (Å²) in [5.74, 6) is -0.0132. The first-order valence-electron chi connectivity index (χ1n) is 6.34. The fourth-order valence-corrected chi connectivity index (χ4v) is 1.89. The Balaban J connectivity index is 2.84. The number of nitrogens with one attached hydrogen (secondary N) is 1. The molecule has 0 aliphatic carbocycles. The zero-order chi connectivity index (χ0) is 13.5. The molecule has 0 unspecified atom stereocenters. The molecule has 0 bridgehead atoms. The van der Waals surface area contributed by atoms with Gasteiger partial charge in [0.1, 0.15) is 0 Å². The van der Waals surface area contributed by atoms with Crippen molar-refractivity contribution in [2.45, 2.75) is 26.4 Å². The minimum absolute atomic E-state index is 0.0132. The summed E-state index contributed by atoms with van der Waals surface area (Å²) in [5, 5.41) is 12.7. The molecule has 2 N–H and O–H groups in total. The standard InChI is InChI=1S/C14H22N2O2/c1-4-13(17)11-8-6-7-9-12(11)16(3)10-14(18)15-5-2/h6-9,13,17H,4-5,10H2,1-3H3,(H,15,18)/t13-/m1/s1. The normalized spacial score (nSPS) is 12.0. The van der Waals surface area contributed by atoms with Crippen molar-refractivity contribution < 1.29 is 9.90 Å². The molecule has 0 aromatic heterocycles. The van der Waals surface area contributed by atoms with Crippen LogP contribution in [0, 0.1) is 0 Å². The monoisotopic (exact) mass is 250 g/mol. The van der Waals surface area contributed by atoms with Gasteiger partial charge in [-0.3, -0.25) is 4.79 Å². The number of carbonyl (C=O) groups is 1. The Labute approximate surface area is 109 Å². The Bertz CT molecular complexity index is 393. The number of hydrogen-bond acceptors (Lipinski definition) is 3. The molecule has 1 aromatic carbocycles. The van der Waals surface area contributed by atoms with Gasteiger partial charge < -0.3 is 15.3 Å². The number of para-hydroxylation sites is 1. The van der Waals surface area contributed by atoms with E-state index in [2.05, 4.69) is 5.32 Å². The van der Waals surface area contributed by atoms with Crippen LogP contribution in [-0.2, 0) is 4.79 Å². The molecule has 18 heavy (non-hydrogen) atoms. The third kappa shape index (κ3) is 3.74. The first-order chi connectivity index (χ1) is 8.60. The number of nitrogens with zero attached hydrogens (tertiary/aromatic N) is 1. The summed E-state index contributed by atoms with van der Waals surface area (Å²) in [6.07, 6.45) is 0.171. The van der Waals surface area contributed by atoms with Crippen molar-refractivity contribution >= 4 is 11.6 Å². The smallest absolute Gasteiger partial charge is 0.239 e. The van der Waals surface area contributed by atoms with E-state index in [1.165, 1.54) is 0 Å². The molecular weight excluding hydrogens is 228 g/mol. The van der Waals surface area contributed by atoms with Crippen molar-refractivity contribution in [1.29, 1.82) is 0 Å². The van der Waals surface area contributed by atoms with Crippen LogP contribution in [0.3, 0.4) is 0 Å². The maximum atomic E-state index is 11.6. The second-order valence-electron chi connectivity index (χ2n) is 4.29. The predicted molar refractivity (Wildman–Crippen MR) is 73.6 cm³/mol.